The van der Waals surface area contributed by atoms with E-state index >= 15 is 0 Å². The summed E-state index contributed by atoms with van der Waals surface area (Å²) in [5.74, 6) is -0.399. The van der Waals surface area contributed by atoms with E-state index in [0.717, 1.165) is 15.6 Å². The minimum Gasteiger partial charge on any atom is -0.355 e. The second kappa shape index (κ2) is 7.76. The summed E-state index contributed by atoms with van der Waals surface area (Å²) < 4.78 is 6.09. The van der Waals surface area contributed by atoms with E-state index in [9.17, 15) is 9.59 Å². The maximum atomic E-state index is 12.0. The lowest BCUT2D eigenvalue weighted by atomic mass is 10.1. The first-order chi connectivity index (χ1) is 12.1. The number of carbonyl (C=O) groups is 2. The van der Waals surface area contributed by atoms with E-state index in [1.54, 1.807) is 0 Å². The average Bonchev–Trinajstić information content (AvgIpc) is 3.13. The molecule has 3 aromatic rings. The predicted molar refractivity (Wildman–Crippen MR) is 95.4 cm³/mol. The first kappa shape index (κ1) is 16.9. The third-order valence-corrected chi connectivity index (χ3v) is 3.92. The van der Waals surface area contributed by atoms with Crippen LogP contribution in [0.3, 0.4) is 0 Å². The molecule has 3 rings (SSSR count). The molecule has 126 valence electrons. The summed E-state index contributed by atoms with van der Waals surface area (Å²) in [6, 6.07) is 18.2. The Kier molecular flexibility index (Phi) is 5.25. The van der Waals surface area contributed by atoms with Gasteiger partial charge in [0.2, 0.25) is 5.91 Å². The fourth-order valence-electron chi connectivity index (χ4n) is 2.14. The van der Waals surface area contributed by atoms with Crippen LogP contribution in [0.25, 0.3) is 11.3 Å². The van der Waals surface area contributed by atoms with Gasteiger partial charge in [0.25, 0.3) is 5.91 Å². The first-order valence-electron chi connectivity index (χ1n) is 7.47. The Labute approximate surface area is 152 Å². The molecule has 7 heteroatoms. The van der Waals surface area contributed by atoms with Crippen molar-refractivity contribution in [1.29, 1.82) is 0 Å². The Bertz CT molecular complexity index is 876. The standard InChI is InChI=1S/C18H14BrN3O3/c19-14-8-6-12(7-9-14)10-17(23)20-21-18(24)15-11-16(25-22-15)13-4-2-1-3-5-13/h1-9,11H,10H2,(H,20,23)(H,21,24). The molecule has 2 amide bonds. The third kappa shape index (κ3) is 4.54. The molecule has 0 spiro atoms. The van der Waals surface area contributed by atoms with Crippen molar-refractivity contribution in [3.05, 3.63) is 76.4 Å². The molecule has 0 saturated heterocycles. The van der Waals surface area contributed by atoms with Crippen LogP contribution in [0.4, 0.5) is 0 Å². The summed E-state index contributed by atoms with van der Waals surface area (Å²) in [6.07, 6.45) is 0.154. The Hall–Kier alpha value is -2.93. The van der Waals surface area contributed by atoms with Crippen LogP contribution in [0.1, 0.15) is 16.1 Å². The van der Waals surface area contributed by atoms with Crippen LogP contribution in [0, 0.1) is 0 Å². The molecule has 2 N–H and O–H groups in total. The molecule has 2 aromatic carbocycles. The monoisotopic (exact) mass is 399 g/mol. The number of halogens is 1. The van der Waals surface area contributed by atoms with E-state index in [4.69, 9.17) is 4.52 Å². The predicted octanol–water partition coefficient (Wildman–Crippen LogP) is 3.11. The molecule has 0 atom stereocenters. The van der Waals surface area contributed by atoms with Gasteiger partial charge >= 0.3 is 0 Å². The number of aromatic nitrogens is 1. The van der Waals surface area contributed by atoms with Gasteiger partial charge in [-0.25, -0.2) is 0 Å². The first-order valence-corrected chi connectivity index (χ1v) is 8.27. The summed E-state index contributed by atoms with van der Waals surface area (Å²) in [5, 5.41) is 3.72. The second-order valence-electron chi connectivity index (χ2n) is 5.25. The van der Waals surface area contributed by atoms with Gasteiger partial charge in [-0.05, 0) is 17.7 Å². The molecule has 0 saturated carbocycles. The summed E-state index contributed by atoms with van der Waals surface area (Å²) in [6.45, 7) is 0. The Morgan fingerprint density at radius 1 is 1.00 bits per heavy atom. The Balaban J connectivity index is 1.55. The van der Waals surface area contributed by atoms with Gasteiger partial charge in [-0.15, -0.1) is 0 Å². The van der Waals surface area contributed by atoms with Crippen LogP contribution in [0.15, 0.2) is 69.7 Å². The molecule has 0 bridgehead atoms. The van der Waals surface area contributed by atoms with Gasteiger partial charge in [-0.3, -0.25) is 20.4 Å². The van der Waals surface area contributed by atoms with Crippen LogP contribution in [0.5, 0.6) is 0 Å². The molecule has 25 heavy (non-hydrogen) atoms. The molecule has 0 fully saturated rings. The summed E-state index contributed by atoms with van der Waals surface area (Å²) in [7, 11) is 0. The summed E-state index contributed by atoms with van der Waals surface area (Å²) >= 11 is 3.33. The normalized spacial score (nSPS) is 10.3. The van der Waals surface area contributed by atoms with E-state index < -0.39 is 5.91 Å². The van der Waals surface area contributed by atoms with Gasteiger partial charge in [0, 0.05) is 16.1 Å². The lowest BCUT2D eigenvalue weighted by Crippen LogP contribution is -2.42. The van der Waals surface area contributed by atoms with Crippen molar-refractivity contribution in [2.24, 2.45) is 0 Å². The Morgan fingerprint density at radius 2 is 1.72 bits per heavy atom. The molecule has 1 aromatic heterocycles. The smallest absolute Gasteiger partial charge is 0.291 e. The van der Waals surface area contributed by atoms with Crippen molar-refractivity contribution >= 4 is 27.7 Å². The van der Waals surface area contributed by atoms with Gasteiger partial charge in [-0.2, -0.15) is 0 Å². The highest BCUT2D eigenvalue weighted by molar-refractivity contribution is 9.10. The van der Waals surface area contributed by atoms with Crippen LogP contribution in [-0.4, -0.2) is 17.0 Å². The quantitative estimate of drug-likeness (QED) is 0.660. The van der Waals surface area contributed by atoms with Crippen molar-refractivity contribution in [1.82, 2.24) is 16.0 Å². The zero-order chi connectivity index (χ0) is 17.6. The minimum atomic E-state index is -0.546. The number of carbonyl (C=O) groups excluding carboxylic acids is 2. The van der Waals surface area contributed by atoms with E-state index in [0.29, 0.717) is 5.76 Å². The molecule has 0 aliphatic rings. The van der Waals surface area contributed by atoms with Gasteiger partial charge in [0.15, 0.2) is 11.5 Å². The number of hydrazine groups is 1. The molecule has 0 unspecified atom stereocenters. The van der Waals surface area contributed by atoms with E-state index in [1.807, 2.05) is 54.6 Å². The number of rotatable bonds is 4. The number of benzene rings is 2. The van der Waals surface area contributed by atoms with Gasteiger partial charge in [-0.1, -0.05) is 63.6 Å². The topological polar surface area (TPSA) is 84.2 Å². The van der Waals surface area contributed by atoms with Crippen LogP contribution in [-0.2, 0) is 11.2 Å². The summed E-state index contributed by atoms with van der Waals surface area (Å²) in [4.78, 5) is 23.9. The highest BCUT2D eigenvalue weighted by atomic mass is 79.9. The fourth-order valence-corrected chi connectivity index (χ4v) is 2.41. The maximum Gasteiger partial charge on any atom is 0.291 e. The van der Waals surface area contributed by atoms with E-state index in [-0.39, 0.29) is 18.0 Å². The summed E-state index contributed by atoms with van der Waals surface area (Å²) in [5.41, 5.74) is 6.42. The fraction of sp³-hybridized carbons (Fsp3) is 0.0556. The van der Waals surface area contributed by atoms with Gasteiger partial charge in [0.1, 0.15) is 0 Å². The average molecular weight is 400 g/mol. The molecule has 0 aliphatic carbocycles. The number of hydrogen-bond acceptors (Lipinski definition) is 4. The van der Waals surface area contributed by atoms with Gasteiger partial charge in [0.05, 0.1) is 6.42 Å². The third-order valence-electron chi connectivity index (χ3n) is 3.39. The molecule has 0 aliphatic heterocycles. The van der Waals surface area contributed by atoms with Crippen molar-refractivity contribution in [3.8, 4) is 11.3 Å². The number of nitrogens with one attached hydrogen (secondary N) is 2. The van der Waals surface area contributed by atoms with Crippen molar-refractivity contribution in [2.45, 2.75) is 6.42 Å². The SMILES string of the molecule is O=C(Cc1ccc(Br)cc1)NNC(=O)c1cc(-c2ccccc2)on1. The van der Waals surface area contributed by atoms with Crippen molar-refractivity contribution in [2.75, 3.05) is 0 Å². The molecular weight excluding hydrogens is 386 g/mol. The van der Waals surface area contributed by atoms with Crippen LogP contribution < -0.4 is 10.9 Å². The van der Waals surface area contributed by atoms with Gasteiger partial charge < -0.3 is 4.52 Å². The van der Waals surface area contributed by atoms with E-state index in [1.165, 1.54) is 6.07 Å². The number of nitrogens with zero attached hydrogens (tertiary/aromatic N) is 1. The Morgan fingerprint density at radius 3 is 2.44 bits per heavy atom. The number of hydrogen-bond donors (Lipinski definition) is 2. The van der Waals surface area contributed by atoms with Crippen LogP contribution >= 0.6 is 15.9 Å². The lowest BCUT2D eigenvalue weighted by Gasteiger charge is -2.05. The molecular formula is C18H14BrN3O3. The zero-order valence-corrected chi connectivity index (χ0v) is 14.6. The largest absolute Gasteiger partial charge is 0.355 e. The minimum absolute atomic E-state index is 0.0859. The lowest BCUT2D eigenvalue weighted by molar-refractivity contribution is -0.121. The molecule has 6 nitrogen and oxygen atoms in total. The zero-order valence-electron chi connectivity index (χ0n) is 13.0. The second-order valence-corrected chi connectivity index (χ2v) is 6.16. The number of amides is 2. The highest BCUT2D eigenvalue weighted by Crippen LogP contribution is 2.19. The maximum absolute atomic E-state index is 12.0. The van der Waals surface area contributed by atoms with E-state index in [2.05, 4.69) is 31.9 Å². The van der Waals surface area contributed by atoms with Crippen molar-refractivity contribution in [3.63, 3.8) is 0 Å². The molecule has 1 heterocycles. The van der Waals surface area contributed by atoms with Crippen molar-refractivity contribution < 1.29 is 14.1 Å². The van der Waals surface area contributed by atoms with Crippen LogP contribution in [0.2, 0.25) is 0 Å². The highest BCUT2D eigenvalue weighted by Gasteiger charge is 2.14. The molecule has 0 radical (unpaired) electrons.